The van der Waals surface area contributed by atoms with Crippen LogP contribution >= 0.6 is 0 Å². The van der Waals surface area contributed by atoms with Gasteiger partial charge in [-0.2, -0.15) is 0 Å². The van der Waals surface area contributed by atoms with Crippen molar-refractivity contribution in [1.82, 2.24) is 5.32 Å². The zero-order valence-corrected chi connectivity index (χ0v) is 12.0. The lowest BCUT2D eigenvalue weighted by Gasteiger charge is -2.18. The Kier molecular flexibility index (Phi) is 6.31. The quantitative estimate of drug-likeness (QED) is 0.697. The molecule has 0 fully saturated rings. The summed E-state index contributed by atoms with van der Waals surface area (Å²) in [6, 6.07) is -1.06. The first-order valence-electron chi connectivity index (χ1n) is 5.77. The summed E-state index contributed by atoms with van der Waals surface area (Å²) in [4.78, 5) is 22.4. The highest BCUT2D eigenvalue weighted by Crippen LogP contribution is 2.04. The van der Waals surface area contributed by atoms with Crippen molar-refractivity contribution in [1.29, 1.82) is 0 Å². The number of carboxylic acid groups (broad SMARTS) is 1. The average molecular weight is 279 g/mol. The fourth-order valence-electron chi connectivity index (χ4n) is 1.50. The molecule has 0 rings (SSSR count). The number of hydrogen-bond acceptors (Lipinski definition) is 4. The normalized spacial score (nSPS) is 13.7. The molecule has 0 aromatic carbocycles. The van der Waals surface area contributed by atoms with E-state index in [0.29, 0.717) is 0 Å². The molecule has 0 unspecified atom stereocenters. The molecule has 0 spiro atoms. The van der Waals surface area contributed by atoms with E-state index in [0.717, 1.165) is 0 Å². The van der Waals surface area contributed by atoms with E-state index in [2.05, 4.69) is 5.32 Å². The number of hydrogen-bond donors (Lipinski definition) is 2. The Morgan fingerprint density at radius 1 is 1.17 bits per heavy atom. The second-order valence-electron chi connectivity index (χ2n) is 5.08. The van der Waals surface area contributed by atoms with Gasteiger partial charge in [-0.3, -0.25) is 4.79 Å². The Labute approximate surface area is 108 Å². The molecule has 0 aliphatic heterocycles. The van der Waals surface area contributed by atoms with Crippen LogP contribution in [-0.4, -0.2) is 42.9 Å². The van der Waals surface area contributed by atoms with Crippen LogP contribution in [0.3, 0.4) is 0 Å². The van der Waals surface area contributed by atoms with Crippen LogP contribution in [0.5, 0.6) is 0 Å². The average Bonchev–Trinajstić information content (AvgIpc) is 2.09. The van der Waals surface area contributed by atoms with E-state index in [4.69, 9.17) is 5.11 Å². The number of rotatable bonds is 7. The van der Waals surface area contributed by atoms with E-state index in [-0.39, 0.29) is 17.6 Å². The first-order valence-corrected chi connectivity index (χ1v) is 7.60. The summed E-state index contributed by atoms with van der Waals surface area (Å²) in [6.07, 6.45) is 0. The predicted molar refractivity (Wildman–Crippen MR) is 67.9 cm³/mol. The third-order valence-corrected chi connectivity index (χ3v) is 4.06. The summed E-state index contributed by atoms with van der Waals surface area (Å²) in [7, 11) is -3.48. The minimum Gasteiger partial charge on any atom is -0.480 e. The Hall–Kier alpha value is -1.11. The van der Waals surface area contributed by atoms with E-state index < -0.39 is 33.5 Å². The number of nitrogens with one attached hydrogen (secondary N) is 1. The molecule has 7 heteroatoms. The van der Waals surface area contributed by atoms with Gasteiger partial charge < -0.3 is 10.4 Å². The van der Waals surface area contributed by atoms with E-state index in [1.165, 1.54) is 0 Å². The molecule has 0 aromatic rings. The molecule has 0 bridgehead atoms. The molecule has 1 amide bonds. The van der Waals surface area contributed by atoms with Crippen molar-refractivity contribution in [3.63, 3.8) is 0 Å². The van der Waals surface area contributed by atoms with Gasteiger partial charge in [0.2, 0.25) is 5.91 Å². The fourth-order valence-corrected chi connectivity index (χ4v) is 3.11. The van der Waals surface area contributed by atoms with Gasteiger partial charge in [0.25, 0.3) is 0 Å². The Morgan fingerprint density at radius 3 is 2.00 bits per heavy atom. The molecule has 0 aliphatic carbocycles. The molecule has 0 heterocycles. The fraction of sp³-hybridized carbons (Fsp3) is 0.818. The van der Waals surface area contributed by atoms with Crippen LogP contribution in [-0.2, 0) is 19.4 Å². The number of carbonyl (C=O) groups excluding carboxylic acids is 1. The van der Waals surface area contributed by atoms with Crippen LogP contribution in [0.1, 0.15) is 27.7 Å². The maximum atomic E-state index is 11.6. The molecule has 0 saturated carbocycles. The number of sulfone groups is 1. The van der Waals surface area contributed by atoms with Gasteiger partial charge in [-0.15, -0.1) is 0 Å². The largest absolute Gasteiger partial charge is 0.480 e. The van der Waals surface area contributed by atoms with Crippen molar-refractivity contribution in [3.8, 4) is 0 Å². The third-order valence-electron chi connectivity index (χ3n) is 2.19. The van der Waals surface area contributed by atoms with Crippen molar-refractivity contribution in [2.24, 2.45) is 11.8 Å². The summed E-state index contributed by atoms with van der Waals surface area (Å²) in [6.45, 7) is 6.76. The van der Waals surface area contributed by atoms with Crippen molar-refractivity contribution in [2.75, 3.05) is 11.5 Å². The molecule has 18 heavy (non-hydrogen) atoms. The molecule has 1 atom stereocenters. The van der Waals surface area contributed by atoms with Crippen LogP contribution < -0.4 is 5.32 Å². The van der Waals surface area contributed by atoms with Crippen LogP contribution in [0.2, 0.25) is 0 Å². The van der Waals surface area contributed by atoms with E-state index in [1.54, 1.807) is 27.7 Å². The topological polar surface area (TPSA) is 101 Å². The van der Waals surface area contributed by atoms with Crippen molar-refractivity contribution < 1.29 is 23.1 Å². The molecule has 6 nitrogen and oxygen atoms in total. The zero-order chi connectivity index (χ0) is 14.5. The predicted octanol–water partition coefficient (Wildman–Crippen LogP) is 0.283. The SMILES string of the molecule is CC(C)CS(=O)(=O)CC(=O)N[C@H](C(=O)O)C(C)C. The summed E-state index contributed by atoms with van der Waals surface area (Å²) < 4.78 is 23.1. The minimum atomic E-state index is -3.48. The lowest BCUT2D eigenvalue weighted by molar-refractivity contribution is -0.142. The maximum Gasteiger partial charge on any atom is 0.326 e. The van der Waals surface area contributed by atoms with E-state index in [9.17, 15) is 18.0 Å². The summed E-state index contributed by atoms with van der Waals surface area (Å²) in [5, 5.41) is 11.1. The third kappa shape index (κ3) is 6.58. The monoisotopic (exact) mass is 279 g/mol. The first-order chi connectivity index (χ1) is 8.05. The van der Waals surface area contributed by atoms with Crippen LogP contribution in [0.4, 0.5) is 0 Å². The Morgan fingerprint density at radius 2 is 1.67 bits per heavy atom. The van der Waals surface area contributed by atoms with Crippen molar-refractivity contribution in [3.05, 3.63) is 0 Å². The van der Waals surface area contributed by atoms with Gasteiger partial charge in [0.15, 0.2) is 9.84 Å². The second kappa shape index (κ2) is 6.72. The summed E-state index contributed by atoms with van der Waals surface area (Å²) in [5.41, 5.74) is 0. The van der Waals surface area contributed by atoms with Gasteiger partial charge in [-0.1, -0.05) is 27.7 Å². The smallest absolute Gasteiger partial charge is 0.326 e. The summed E-state index contributed by atoms with van der Waals surface area (Å²) >= 11 is 0. The summed E-state index contributed by atoms with van der Waals surface area (Å²) in [5.74, 6) is -3.06. The van der Waals surface area contributed by atoms with Gasteiger partial charge in [-0.25, -0.2) is 13.2 Å². The van der Waals surface area contributed by atoms with Crippen molar-refractivity contribution >= 4 is 21.7 Å². The lowest BCUT2D eigenvalue weighted by atomic mass is 10.1. The van der Waals surface area contributed by atoms with Gasteiger partial charge in [0.05, 0.1) is 5.75 Å². The molecular weight excluding hydrogens is 258 g/mol. The lowest BCUT2D eigenvalue weighted by Crippen LogP contribution is -2.46. The zero-order valence-electron chi connectivity index (χ0n) is 11.1. The highest BCUT2D eigenvalue weighted by Gasteiger charge is 2.26. The number of carbonyl (C=O) groups is 2. The van der Waals surface area contributed by atoms with Gasteiger partial charge in [-0.05, 0) is 11.8 Å². The van der Waals surface area contributed by atoms with Crippen molar-refractivity contribution in [2.45, 2.75) is 33.7 Å². The molecule has 0 aromatic heterocycles. The molecule has 0 saturated heterocycles. The maximum absolute atomic E-state index is 11.6. The van der Waals surface area contributed by atoms with E-state index >= 15 is 0 Å². The first kappa shape index (κ1) is 16.9. The molecule has 0 radical (unpaired) electrons. The highest BCUT2D eigenvalue weighted by atomic mass is 32.2. The number of amides is 1. The van der Waals surface area contributed by atoms with Gasteiger partial charge >= 0.3 is 5.97 Å². The van der Waals surface area contributed by atoms with Crippen LogP contribution in [0, 0.1) is 11.8 Å². The highest BCUT2D eigenvalue weighted by molar-refractivity contribution is 7.92. The van der Waals surface area contributed by atoms with Gasteiger partial charge in [0.1, 0.15) is 11.8 Å². The standard InChI is InChI=1S/C11H21NO5S/c1-7(2)5-18(16,17)6-9(13)12-10(8(3)4)11(14)15/h7-8,10H,5-6H2,1-4H3,(H,12,13)(H,14,15)/t10-/m0/s1. The second-order valence-corrected chi connectivity index (χ2v) is 7.19. The molecule has 0 aliphatic rings. The Balaban J connectivity index is 4.56. The number of aliphatic carboxylic acids is 1. The van der Waals surface area contributed by atoms with Gasteiger partial charge in [0, 0.05) is 0 Å². The van der Waals surface area contributed by atoms with Crippen LogP contribution in [0.25, 0.3) is 0 Å². The van der Waals surface area contributed by atoms with Crippen LogP contribution in [0.15, 0.2) is 0 Å². The Bertz CT molecular complexity index is 400. The minimum absolute atomic E-state index is 0.0665. The molecule has 106 valence electrons. The molecule has 2 N–H and O–H groups in total. The molecular formula is C11H21NO5S. The number of carboxylic acids is 1. The van der Waals surface area contributed by atoms with E-state index in [1.807, 2.05) is 0 Å².